The van der Waals surface area contributed by atoms with E-state index in [9.17, 15) is 15.0 Å². The third-order valence-electron chi connectivity index (χ3n) is 2.70. The fourth-order valence-electron chi connectivity index (χ4n) is 1.66. The number of amides is 1. The Morgan fingerprint density at radius 3 is 2.62 bits per heavy atom. The molecule has 21 heavy (non-hydrogen) atoms. The third kappa shape index (κ3) is 4.32. The molecular formula is C15H13BrN2O3. The highest BCUT2D eigenvalue weighted by Crippen LogP contribution is 2.30. The number of carbonyl (C=O) groups is 1. The van der Waals surface area contributed by atoms with E-state index in [1.54, 1.807) is 0 Å². The second kappa shape index (κ2) is 6.90. The summed E-state index contributed by atoms with van der Waals surface area (Å²) in [6.45, 7) is 0. The topological polar surface area (TPSA) is 81.9 Å². The third-order valence-corrected chi connectivity index (χ3v) is 3.33. The fraction of sp³-hybridized carbons (Fsp3) is 0.0667. The van der Waals surface area contributed by atoms with Crippen LogP contribution in [0.1, 0.15) is 11.1 Å². The first-order chi connectivity index (χ1) is 10.1. The lowest BCUT2D eigenvalue weighted by Gasteiger charge is -2.03. The molecule has 0 radical (unpaired) electrons. The molecule has 3 N–H and O–H groups in total. The van der Waals surface area contributed by atoms with Gasteiger partial charge in [-0.05, 0) is 27.6 Å². The van der Waals surface area contributed by atoms with Crippen LogP contribution in [0.2, 0.25) is 0 Å². The number of hydrogen-bond acceptors (Lipinski definition) is 4. The average Bonchev–Trinajstić information content (AvgIpc) is 2.45. The Kier molecular flexibility index (Phi) is 4.94. The summed E-state index contributed by atoms with van der Waals surface area (Å²) in [5.41, 5.74) is 3.65. The molecule has 2 rings (SSSR count). The van der Waals surface area contributed by atoms with Gasteiger partial charge in [-0.25, -0.2) is 5.43 Å². The zero-order valence-corrected chi connectivity index (χ0v) is 12.5. The van der Waals surface area contributed by atoms with Crippen molar-refractivity contribution in [3.8, 4) is 11.5 Å². The molecule has 0 aliphatic carbocycles. The Balaban J connectivity index is 1.96. The minimum Gasteiger partial charge on any atom is -0.507 e. The Morgan fingerprint density at radius 1 is 1.19 bits per heavy atom. The SMILES string of the molecule is O=C(Cc1ccccc1)NN=Cc1cc(Br)c(O)cc1O. The summed E-state index contributed by atoms with van der Waals surface area (Å²) in [5.74, 6) is -0.454. The second-order valence-electron chi connectivity index (χ2n) is 4.32. The minimum absolute atomic E-state index is 0.0715. The summed E-state index contributed by atoms with van der Waals surface area (Å²) in [5, 5.41) is 22.8. The second-order valence-corrected chi connectivity index (χ2v) is 5.17. The Labute approximate surface area is 130 Å². The molecule has 0 aliphatic heterocycles. The molecule has 0 aromatic heterocycles. The molecule has 2 aromatic rings. The number of hydrazone groups is 1. The number of benzene rings is 2. The Bertz CT molecular complexity index is 672. The van der Waals surface area contributed by atoms with Crippen molar-refractivity contribution < 1.29 is 15.0 Å². The molecule has 0 spiro atoms. The van der Waals surface area contributed by atoms with Crippen LogP contribution < -0.4 is 5.43 Å². The number of rotatable bonds is 4. The summed E-state index contributed by atoms with van der Waals surface area (Å²) in [7, 11) is 0. The van der Waals surface area contributed by atoms with Crippen molar-refractivity contribution in [2.24, 2.45) is 5.10 Å². The van der Waals surface area contributed by atoms with Crippen LogP contribution in [0.25, 0.3) is 0 Å². The Hall–Kier alpha value is -2.34. The van der Waals surface area contributed by atoms with Crippen LogP contribution in [0.4, 0.5) is 0 Å². The molecule has 1 amide bonds. The highest BCUT2D eigenvalue weighted by molar-refractivity contribution is 9.10. The summed E-state index contributed by atoms with van der Waals surface area (Å²) >= 11 is 3.14. The maximum Gasteiger partial charge on any atom is 0.244 e. The monoisotopic (exact) mass is 348 g/mol. The summed E-state index contributed by atoms with van der Waals surface area (Å²) in [4.78, 5) is 11.7. The van der Waals surface area contributed by atoms with Crippen molar-refractivity contribution >= 4 is 28.1 Å². The van der Waals surface area contributed by atoms with Gasteiger partial charge in [-0.2, -0.15) is 5.10 Å². The van der Waals surface area contributed by atoms with E-state index >= 15 is 0 Å². The first-order valence-corrected chi connectivity index (χ1v) is 6.93. The number of aromatic hydroxyl groups is 2. The van der Waals surface area contributed by atoms with Crippen LogP contribution in [-0.2, 0) is 11.2 Å². The van der Waals surface area contributed by atoms with E-state index in [2.05, 4.69) is 26.5 Å². The van der Waals surface area contributed by atoms with Crippen LogP contribution in [0.5, 0.6) is 11.5 Å². The summed E-state index contributed by atoms with van der Waals surface area (Å²) in [6, 6.07) is 12.0. The zero-order chi connectivity index (χ0) is 15.2. The first-order valence-electron chi connectivity index (χ1n) is 6.13. The molecule has 2 aromatic carbocycles. The van der Waals surface area contributed by atoms with Crippen LogP contribution in [-0.4, -0.2) is 22.3 Å². The molecule has 0 saturated heterocycles. The Morgan fingerprint density at radius 2 is 1.90 bits per heavy atom. The molecule has 108 valence electrons. The molecule has 5 nitrogen and oxygen atoms in total. The molecule has 0 bridgehead atoms. The predicted octanol–water partition coefficient (Wildman–Crippen LogP) is 2.55. The standard InChI is InChI=1S/C15H13BrN2O3/c16-12-7-11(13(19)8-14(12)20)9-17-18-15(21)6-10-4-2-1-3-5-10/h1-5,7-9,19-20H,6H2,(H,18,21). The molecule has 0 aliphatic rings. The number of nitrogens with zero attached hydrogens (tertiary/aromatic N) is 1. The molecular weight excluding hydrogens is 336 g/mol. The summed E-state index contributed by atoms with van der Waals surface area (Å²) in [6.07, 6.45) is 1.53. The van der Waals surface area contributed by atoms with Crippen molar-refractivity contribution in [3.05, 3.63) is 58.1 Å². The zero-order valence-electron chi connectivity index (χ0n) is 11.0. The van der Waals surface area contributed by atoms with E-state index < -0.39 is 0 Å². The number of nitrogens with one attached hydrogen (secondary N) is 1. The van der Waals surface area contributed by atoms with E-state index in [1.807, 2.05) is 30.3 Å². The van der Waals surface area contributed by atoms with Gasteiger partial charge in [-0.15, -0.1) is 0 Å². The lowest BCUT2D eigenvalue weighted by molar-refractivity contribution is -0.120. The molecule has 0 atom stereocenters. The minimum atomic E-state index is -0.255. The molecule has 0 unspecified atom stereocenters. The van der Waals surface area contributed by atoms with Gasteiger partial charge in [-0.1, -0.05) is 30.3 Å². The predicted molar refractivity (Wildman–Crippen MR) is 83.4 cm³/mol. The van der Waals surface area contributed by atoms with Crippen molar-refractivity contribution in [2.75, 3.05) is 0 Å². The van der Waals surface area contributed by atoms with Gasteiger partial charge in [0.1, 0.15) is 11.5 Å². The van der Waals surface area contributed by atoms with Crippen molar-refractivity contribution in [1.82, 2.24) is 5.43 Å². The van der Waals surface area contributed by atoms with E-state index in [1.165, 1.54) is 18.3 Å². The normalized spacial score (nSPS) is 10.7. The van der Waals surface area contributed by atoms with Crippen LogP contribution in [0, 0.1) is 0 Å². The van der Waals surface area contributed by atoms with Gasteiger partial charge < -0.3 is 10.2 Å². The molecule has 6 heteroatoms. The van der Waals surface area contributed by atoms with E-state index in [4.69, 9.17) is 0 Å². The first kappa shape index (κ1) is 15.1. The number of hydrogen-bond donors (Lipinski definition) is 3. The lowest BCUT2D eigenvalue weighted by atomic mass is 10.1. The smallest absolute Gasteiger partial charge is 0.244 e. The quantitative estimate of drug-likeness (QED) is 0.586. The number of phenolic OH excluding ortho intramolecular Hbond substituents is 2. The van der Waals surface area contributed by atoms with Gasteiger partial charge in [0, 0.05) is 11.6 Å². The lowest BCUT2D eigenvalue weighted by Crippen LogP contribution is -2.19. The van der Waals surface area contributed by atoms with Crippen LogP contribution in [0.15, 0.2) is 52.0 Å². The van der Waals surface area contributed by atoms with Gasteiger partial charge in [0.05, 0.1) is 17.1 Å². The maximum atomic E-state index is 11.7. The molecule has 0 heterocycles. The van der Waals surface area contributed by atoms with Crippen molar-refractivity contribution in [2.45, 2.75) is 6.42 Å². The number of halogens is 1. The highest BCUT2D eigenvalue weighted by Gasteiger charge is 2.05. The van der Waals surface area contributed by atoms with Crippen molar-refractivity contribution in [3.63, 3.8) is 0 Å². The van der Waals surface area contributed by atoms with Gasteiger partial charge in [0.25, 0.3) is 0 Å². The number of phenols is 2. The van der Waals surface area contributed by atoms with Gasteiger partial charge in [0.15, 0.2) is 0 Å². The maximum absolute atomic E-state index is 11.7. The highest BCUT2D eigenvalue weighted by atomic mass is 79.9. The van der Waals surface area contributed by atoms with Crippen LogP contribution in [0.3, 0.4) is 0 Å². The largest absolute Gasteiger partial charge is 0.507 e. The van der Waals surface area contributed by atoms with E-state index in [-0.39, 0.29) is 23.8 Å². The average molecular weight is 349 g/mol. The molecule has 0 saturated carbocycles. The van der Waals surface area contributed by atoms with Gasteiger partial charge in [0.2, 0.25) is 5.91 Å². The van der Waals surface area contributed by atoms with E-state index in [0.717, 1.165) is 5.56 Å². The summed E-state index contributed by atoms with van der Waals surface area (Å²) < 4.78 is 0.428. The number of carbonyl (C=O) groups excluding carboxylic acids is 1. The van der Waals surface area contributed by atoms with Crippen LogP contribution >= 0.6 is 15.9 Å². The molecule has 0 fully saturated rings. The fourth-order valence-corrected chi connectivity index (χ4v) is 2.03. The van der Waals surface area contributed by atoms with E-state index in [0.29, 0.717) is 10.0 Å². The van der Waals surface area contributed by atoms with Crippen molar-refractivity contribution in [1.29, 1.82) is 0 Å². The van der Waals surface area contributed by atoms with Gasteiger partial charge in [-0.3, -0.25) is 4.79 Å². The van der Waals surface area contributed by atoms with Gasteiger partial charge >= 0.3 is 0 Å².